The third-order valence-electron chi connectivity index (χ3n) is 1.93. The summed E-state index contributed by atoms with van der Waals surface area (Å²) < 4.78 is 18.2. The van der Waals surface area contributed by atoms with Gasteiger partial charge in [-0.15, -0.1) is 0 Å². The van der Waals surface area contributed by atoms with Gasteiger partial charge in [0, 0.05) is 10.6 Å². The zero-order valence-corrected chi connectivity index (χ0v) is 9.40. The molecule has 4 heteroatoms. The lowest BCUT2D eigenvalue weighted by Gasteiger charge is -2.06. The van der Waals surface area contributed by atoms with Gasteiger partial charge in [0.15, 0.2) is 0 Å². The molecule has 0 spiro atoms. The van der Waals surface area contributed by atoms with E-state index in [0.29, 0.717) is 17.2 Å². The highest BCUT2D eigenvalue weighted by atomic mass is 35.5. The van der Waals surface area contributed by atoms with Gasteiger partial charge in [0.1, 0.15) is 5.82 Å². The molecule has 0 radical (unpaired) electrons. The van der Waals surface area contributed by atoms with E-state index in [2.05, 4.69) is 0 Å². The highest BCUT2D eigenvalue weighted by Crippen LogP contribution is 2.19. The second-order valence-corrected chi connectivity index (χ2v) is 3.61. The summed E-state index contributed by atoms with van der Waals surface area (Å²) >= 11 is 5.76. The minimum Gasteiger partial charge on any atom is -0.466 e. The lowest BCUT2D eigenvalue weighted by molar-refractivity contribution is -0.142. The first-order chi connectivity index (χ1) is 7.04. The quantitative estimate of drug-likeness (QED) is 0.747. The second-order valence-electron chi connectivity index (χ2n) is 3.18. The number of rotatable bonds is 3. The van der Waals surface area contributed by atoms with Crippen molar-refractivity contribution in [1.29, 1.82) is 0 Å². The molecule has 0 N–H and O–H groups in total. The maximum Gasteiger partial charge on any atom is 0.310 e. The highest BCUT2D eigenvalue weighted by molar-refractivity contribution is 6.30. The normalized spacial score (nSPS) is 10.1. The van der Waals surface area contributed by atoms with Gasteiger partial charge in [0.25, 0.3) is 0 Å². The summed E-state index contributed by atoms with van der Waals surface area (Å²) in [6.45, 7) is 3.60. The zero-order valence-electron chi connectivity index (χ0n) is 8.64. The number of halogens is 2. The molecule has 82 valence electrons. The van der Waals surface area contributed by atoms with Crippen molar-refractivity contribution < 1.29 is 13.9 Å². The van der Waals surface area contributed by atoms with Crippen LogP contribution in [0.2, 0.25) is 5.02 Å². The molecular formula is C11H12ClFO2. The van der Waals surface area contributed by atoms with Gasteiger partial charge < -0.3 is 4.74 Å². The average Bonchev–Trinajstić information content (AvgIpc) is 2.13. The van der Waals surface area contributed by atoms with E-state index in [4.69, 9.17) is 16.3 Å². The largest absolute Gasteiger partial charge is 0.466 e. The molecule has 0 saturated carbocycles. The topological polar surface area (TPSA) is 26.3 Å². The third kappa shape index (κ3) is 3.20. The minimum atomic E-state index is -0.446. The Bertz CT molecular complexity index is 377. The van der Waals surface area contributed by atoms with Crippen molar-refractivity contribution in [3.63, 3.8) is 0 Å². The van der Waals surface area contributed by atoms with Gasteiger partial charge in [0.05, 0.1) is 13.0 Å². The molecule has 0 aliphatic carbocycles. The summed E-state index contributed by atoms with van der Waals surface area (Å²) in [5.74, 6) is -0.842. The monoisotopic (exact) mass is 230 g/mol. The van der Waals surface area contributed by atoms with Crippen molar-refractivity contribution in [1.82, 2.24) is 0 Å². The number of hydrogen-bond donors (Lipinski definition) is 0. The lowest BCUT2D eigenvalue weighted by Crippen LogP contribution is -2.09. The van der Waals surface area contributed by atoms with Gasteiger partial charge in [-0.25, -0.2) is 4.39 Å². The van der Waals surface area contributed by atoms with Crippen LogP contribution < -0.4 is 0 Å². The van der Waals surface area contributed by atoms with Crippen molar-refractivity contribution in [2.45, 2.75) is 20.3 Å². The maximum atomic E-state index is 13.5. The Kier molecular flexibility index (Phi) is 4.09. The van der Waals surface area contributed by atoms with E-state index in [-0.39, 0.29) is 12.0 Å². The van der Waals surface area contributed by atoms with Crippen LogP contribution >= 0.6 is 11.6 Å². The standard InChI is InChI=1S/C11H12ClFO2/c1-3-15-10(14)6-8-5-9(12)4-7(2)11(8)13/h4-5H,3,6H2,1-2H3. The number of carbonyl (C=O) groups is 1. The van der Waals surface area contributed by atoms with Crippen LogP contribution in [0.3, 0.4) is 0 Å². The fourth-order valence-electron chi connectivity index (χ4n) is 1.29. The molecule has 1 rings (SSSR count). The van der Waals surface area contributed by atoms with Crippen LogP contribution in [0.4, 0.5) is 4.39 Å². The molecular weight excluding hydrogens is 219 g/mol. The predicted molar refractivity (Wildman–Crippen MR) is 56.5 cm³/mol. The molecule has 2 nitrogen and oxygen atoms in total. The first kappa shape index (κ1) is 12.0. The lowest BCUT2D eigenvalue weighted by atomic mass is 10.1. The SMILES string of the molecule is CCOC(=O)Cc1cc(Cl)cc(C)c1F. The van der Waals surface area contributed by atoms with Gasteiger partial charge in [-0.05, 0) is 31.5 Å². The molecule has 0 bridgehead atoms. The zero-order chi connectivity index (χ0) is 11.4. The molecule has 0 saturated heterocycles. The molecule has 0 aromatic heterocycles. The van der Waals surface area contributed by atoms with E-state index in [1.54, 1.807) is 13.8 Å². The summed E-state index contributed by atoms with van der Waals surface area (Å²) in [7, 11) is 0. The van der Waals surface area contributed by atoms with Crippen molar-refractivity contribution in [3.05, 3.63) is 34.1 Å². The fourth-order valence-corrected chi connectivity index (χ4v) is 1.59. The summed E-state index contributed by atoms with van der Waals surface area (Å²) in [5, 5.41) is 0.424. The molecule has 0 atom stereocenters. The molecule has 0 aliphatic heterocycles. The number of esters is 1. The van der Waals surface area contributed by atoms with E-state index in [0.717, 1.165) is 0 Å². The van der Waals surface area contributed by atoms with Crippen LogP contribution in [-0.4, -0.2) is 12.6 Å². The van der Waals surface area contributed by atoms with E-state index in [9.17, 15) is 9.18 Å². The summed E-state index contributed by atoms with van der Waals surface area (Å²) in [5.41, 5.74) is 0.709. The Labute approximate surface area is 93.0 Å². The van der Waals surface area contributed by atoms with Crippen molar-refractivity contribution in [3.8, 4) is 0 Å². The number of ether oxygens (including phenoxy) is 1. The first-order valence-electron chi connectivity index (χ1n) is 4.64. The molecule has 1 aromatic rings. The highest BCUT2D eigenvalue weighted by Gasteiger charge is 2.11. The van der Waals surface area contributed by atoms with Crippen LogP contribution in [-0.2, 0) is 16.0 Å². The molecule has 0 amide bonds. The Hall–Kier alpha value is -1.09. The molecule has 0 aliphatic rings. The van der Waals surface area contributed by atoms with Crippen LogP contribution in [0.15, 0.2) is 12.1 Å². The molecule has 0 unspecified atom stereocenters. The number of hydrogen-bond acceptors (Lipinski definition) is 2. The molecule has 0 fully saturated rings. The van der Waals surface area contributed by atoms with Crippen LogP contribution in [0.25, 0.3) is 0 Å². The smallest absolute Gasteiger partial charge is 0.310 e. The average molecular weight is 231 g/mol. The van der Waals surface area contributed by atoms with E-state index in [1.807, 2.05) is 0 Å². The number of benzene rings is 1. The Morgan fingerprint density at radius 3 is 2.80 bits per heavy atom. The summed E-state index contributed by atoms with van der Waals surface area (Å²) in [6.07, 6.45) is -0.0823. The van der Waals surface area contributed by atoms with Gasteiger partial charge in [-0.1, -0.05) is 11.6 Å². The van der Waals surface area contributed by atoms with Crippen molar-refractivity contribution in [2.24, 2.45) is 0 Å². The summed E-state index contributed by atoms with van der Waals surface area (Å²) in [6, 6.07) is 2.96. The Morgan fingerprint density at radius 1 is 1.53 bits per heavy atom. The minimum absolute atomic E-state index is 0.0823. The van der Waals surface area contributed by atoms with E-state index < -0.39 is 11.8 Å². The van der Waals surface area contributed by atoms with Crippen LogP contribution in [0.1, 0.15) is 18.1 Å². The van der Waals surface area contributed by atoms with Crippen molar-refractivity contribution in [2.75, 3.05) is 6.61 Å². The second kappa shape index (κ2) is 5.12. The molecule has 1 aromatic carbocycles. The van der Waals surface area contributed by atoms with Gasteiger partial charge >= 0.3 is 5.97 Å². The summed E-state index contributed by atoms with van der Waals surface area (Å²) in [4.78, 5) is 11.2. The van der Waals surface area contributed by atoms with Crippen molar-refractivity contribution >= 4 is 17.6 Å². The molecule has 15 heavy (non-hydrogen) atoms. The molecule has 0 heterocycles. The third-order valence-corrected chi connectivity index (χ3v) is 2.15. The Balaban J connectivity index is 2.89. The van der Waals surface area contributed by atoms with Crippen LogP contribution in [0, 0.1) is 12.7 Å². The van der Waals surface area contributed by atoms with Gasteiger partial charge in [-0.2, -0.15) is 0 Å². The first-order valence-corrected chi connectivity index (χ1v) is 5.02. The predicted octanol–water partition coefficient (Wildman–Crippen LogP) is 2.89. The Morgan fingerprint density at radius 2 is 2.20 bits per heavy atom. The van der Waals surface area contributed by atoms with Gasteiger partial charge in [0.2, 0.25) is 0 Å². The number of aryl methyl sites for hydroxylation is 1. The number of carbonyl (C=O) groups excluding carboxylic acids is 1. The van der Waals surface area contributed by atoms with Gasteiger partial charge in [-0.3, -0.25) is 4.79 Å². The fraction of sp³-hybridized carbons (Fsp3) is 0.364. The van der Waals surface area contributed by atoms with Crippen LogP contribution in [0.5, 0.6) is 0 Å². The van der Waals surface area contributed by atoms with E-state index >= 15 is 0 Å². The van der Waals surface area contributed by atoms with E-state index in [1.165, 1.54) is 12.1 Å². The maximum absolute atomic E-state index is 13.5.